The number of rotatable bonds is 7. The van der Waals surface area contributed by atoms with Crippen molar-refractivity contribution in [1.29, 1.82) is 0 Å². The summed E-state index contributed by atoms with van der Waals surface area (Å²) in [7, 11) is 0. The van der Waals surface area contributed by atoms with Crippen molar-refractivity contribution in [3.05, 3.63) is 182 Å². The first-order valence-corrected chi connectivity index (χ1v) is 14.5. The van der Waals surface area contributed by atoms with Gasteiger partial charge in [0.25, 0.3) is 0 Å². The van der Waals surface area contributed by atoms with Crippen LogP contribution in [0.15, 0.2) is 182 Å². The van der Waals surface area contributed by atoms with Crippen LogP contribution in [0.2, 0.25) is 0 Å². The van der Waals surface area contributed by atoms with Gasteiger partial charge >= 0.3 is 0 Å². The topological polar surface area (TPSA) is 16.1 Å². The van der Waals surface area contributed by atoms with E-state index < -0.39 is 0 Å². The minimum atomic E-state index is 0.975. The summed E-state index contributed by atoms with van der Waals surface area (Å²) < 4.78 is 0. The summed E-state index contributed by atoms with van der Waals surface area (Å²) in [5.41, 5.74) is 12.5. The van der Waals surface area contributed by atoms with E-state index in [0.717, 1.165) is 33.9 Å². The molecular weight excluding hydrogens is 520 g/mol. The van der Waals surface area contributed by atoms with Crippen molar-refractivity contribution in [1.82, 2.24) is 4.98 Å². The fourth-order valence-corrected chi connectivity index (χ4v) is 5.58. The van der Waals surface area contributed by atoms with Gasteiger partial charge in [-0.15, -0.1) is 0 Å². The van der Waals surface area contributed by atoms with Crippen molar-refractivity contribution >= 4 is 17.1 Å². The molecule has 2 nitrogen and oxygen atoms in total. The first-order valence-electron chi connectivity index (χ1n) is 14.5. The second-order valence-electron chi connectivity index (χ2n) is 10.5. The molecule has 0 aliphatic heterocycles. The van der Waals surface area contributed by atoms with Crippen molar-refractivity contribution in [3.8, 4) is 44.6 Å². The highest BCUT2D eigenvalue weighted by Crippen LogP contribution is 2.40. The molecule has 43 heavy (non-hydrogen) atoms. The molecule has 0 unspecified atom stereocenters. The molecule has 0 saturated heterocycles. The minimum absolute atomic E-state index is 0.975. The van der Waals surface area contributed by atoms with E-state index in [9.17, 15) is 0 Å². The van der Waals surface area contributed by atoms with E-state index in [4.69, 9.17) is 0 Å². The standard InChI is InChI=1S/C41H30N2/c1-4-14-31(15-5-1)36-28-37(30-40(29-36)43(38-20-6-2-7-21-38)39-22-8-3-9-23-39)34-18-12-16-32(26-34)33-17-13-19-35(27-33)41-24-10-11-25-42-41/h1-30H. The number of para-hydroxylation sites is 2. The quantitative estimate of drug-likeness (QED) is 0.196. The Morgan fingerprint density at radius 3 is 1.33 bits per heavy atom. The van der Waals surface area contributed by atoms with E-state index in [2.05, 4.69) is 174 Å². The first-order chi connectivity index (χ1) is 21.3. The molecule has 0 radical (unpaired) electrons. The molecule has 0 bridgehead atoms. The van der Waals surface area contributed by atoms with Gasteiger partial charge in [0.05, 0.1) is 5.69 Å². The van der Waals surface area contributed by atoms with Gasteiger partial charge in [0.15, 0.2) is 0 Å². The molecule has 0 saturated carbocycles. The van der Waals surface area contributed by atoms with Crippen LogP contribution in [0.25, 0.3) is 44.6 Å². The van der Waals surface area contributed by atoms with Gasteiger partial charge in [-0.25, -0.2) is 0 Å². The van der Waals surface area contributed by atoms with Crippen molar-refractivity contribution in [2.75, 3.05) is 4.90 Å². The largest absolute Gasteiger partial charge is 0.310 e. The first kappa shape index (κ1) is 26.2. The predicted octanol–water partition coefficient (Wildman–Crippen LogP) is 11.2. The number of nitrogens with zero attached hydrogens (tertiary/aromatic N) is 2. The molecule has 0 atom stereocenters. The molecule has 0 aliphatic rings. The molecule has 7 aromatic rings. The monoisotopic (exact) mass is 550 g/mol. The Bertz CT molecular complexity index is 1910. The summed E-state index contributed by atoms with van der Waals surface area (Å²) in [5.74, 6) is 0. The highest BCUT2D eigenvalue weighted by molar-refractivity contribution is 5.86. The zero-order valence-electron chi connectivity index (χ0n) is 23.7. The molecule has 0 fully saturated rings. The Balaban J connectivity index is 1.37. The Morgan fingerprint density at radius 1 is 0.302 bits per heavy atom. The molecule has 1 aromatic heterocycles. The van der Waals surface area contributed by atoms with E-state index in [1.165, 1.54) is 27.8 Å². The van der Waals surface area contributed by atoms with E-state index >= 15 is 0 Å². The second kappa shape index (κ2) is 12.0. The normalized spacial score (nSPS) is 10.8. The van der Waals surface area contributed by atoms with Crippen LogP contribution in [0.5, 0.6) is 0 Å². The second-order valence-corrected chi connectivity index (χ2v) is 10.5. The van der Waals surface area contributed by atoms with Crippen molar-refractivity contribution in [2.24, 2.45) is 0 Å². The molecule has 0 aliphatic carbocycles. The molecule has 7 rings (SSSR count). The summed E-state index contributed by atoms with van der Waals surface area (Å²) in [4.78, 5) is 6.89. The Hall–Kier alpha value is -5.73. The van der Waals surface area contributed by atoms with Crippen molar-refractivity contribution in [3.63, 3.8) is 0 Å². The van der Waals surface area contributed by atoms with E-state index in [-0.39, 0.29) is 0 Å². The lowest BCUT2D eigenvalue weighted by Gasteiger charge is -2.27. The number of hydrogen-bond donors (Lipinski definition) is 0. The third-order valence-corrected chi connectivity index (χ3v) is 7.66. The van der Waals surface area contributed by atoms with Crippen LogP contribution in [-0.4, -0.2) is 4.98 Å². The van der Waals surface area contributed by atoms with Crippen LogP contribution >= 0.6 is 0 Å². The SMILES string of the molecule is c1ccc(-c2cc(-c3cccc(-c4cccc(-c5ccccn5)c4)c3)cc(N(c3ccccc3)c3ccccc3)c2)cc1. The maximum Gasteiger partial charge on any atom is 0.0702 e. The predicted molar refractivity (Wildman–Crippen MR) is 181 cm³/mol. The number of pyridine rings is 1. The van der Waals surface area contributed by atoms with Crippen LogP contribution in [0.4, 0.5) is 17.1 Å². The summed E-state index contributed by atoms with van der Waals surface area (Å²) >= 11 is 0. The molecule has 2 heteroatoms. The van der Waals surface area contributed by atoms with E-state index in [0.29, 0.717) is 0 Å². The lowest BCUT2D eigenvalue weighted by atomic mass is 9.94. The number of benzene rings is 6. The zero-order valence-corrected chi connectivity index (χ0v) is 23.7. The molecule has 204 valence electrons. The average molecular weight is 551 g/mol. The van der Waals surface area contributed by atoms with Gasteiger partial charge < -0.3 is 4.90 Å². The number of anilines is 3. The van der Waals surface area contributed by atoms with Crippen LogP contribution < -0.4 is 4.90 Å². The molecule has 0 amide bonds. The summed E-state index contributed by atoms with van der Waals surface area (Å²) in [6.07, 6.45) is 1.84. The third kappa shape index (κ3) is 5.72. The van der Waals surface area contributed by atoms with Gasteiger partial charge in [-0.1, -0.05) is 109 Å². The fourth-order valence-electron chi connectivity index (χ4n) is 5.58. The van der Waals surface area contributed by atoms with Crippen LogP contribution in [0.1, 0.15) is 0 Å². The minimum Gasteiger partial charge on any atom is -0.310 e. The van der Waals surface area contributed by atoms with Gasteiger partial charge in [0.1, 0.15) is 0 Å². The summed E-state index contributed by atoms with van der Waals surface area (Å²) in [6, 6.07) is 62.2. The van der Waals surface area contributed by atoms with Gasteiger partial charge in [0, 0.05) is 28.8 Å². The Labute approximate surface area is 253 Å². The van der Waals surface area contributed by atoms with Crippen LogP contribution in [-0.2, 0) is 0 Å². The van der Waals surface area contributed by atoms with Gasteiger partial charge in [-0.05, 0) is 100 Å². The maximum absolute atomic E-state index is 4.56. The molecule has 0 N–H and O–H groups in total. The number of hydrogen-bond acceptors (Lipinski definition) is 2. The van der Waals surface area contributed by atoms with Crippen LogP contribution in [0, 0.1) is 0 Å². The van der Waals surface area contributed by atoms with Gasteiger partial charge in [-0.2, -0.15) is 0 Å². The third-order valence-electron chi connectivity index (χ3n) is 7.66. The maximum atomic E-state index is 4.56. The van der Waals surface area contributed by atoms with Crippen molar-refractivity contribution < 1.29 is 0 Å². The molecule has 1 heterocycles. The Kier molecular flexibility index (Phi) is 7.32. The van der Waals surface area contributed by atoms with E-state index in [1.807, 2.05) is 18.3 Å². The summed E-state index contributed by atoms with van der Waals surface area (Å²) in [6.45, 7) is 0. The highest BCUT2D eigenvalue weighted by Gasteiger charge is 2.15. The zero-order chi connectivity index (χ0) is 28.8. The number of aromatic nitrogens is 1. The molecule has 6 aromatic carbocycles. The molecular formula is C41H30N2. The smallest absolute Gasteiger partial charge is 0.0702 e. The highest BCUT2D eigenvalue weighted by atomic mass is 15.1. The van der Waals surface area contributed by atoms with Crippen LogP contribution in [0.3, 0.4) is 0 Å². The lowest BCUT2D eigenvalue weighted by Crippen LogP contribution is -2.10. The van der Waals surface area contributed by atoms with Gasteiger partial charge in [0.2, 0.25) is 0 Å². The average Bonchev–Trinajstić information content (AvgIpc) is 3.10. The van der Waals surface area contributed by atoms with Gasteiger partial charge in [-0.3, -0.25) is 4.98 Å². The fraction of sp³-hybridized carbons (Fsp3) is 0. The van der Waals surface area contributed by atoms with E-state index in [1.54, 1.807) is 0 Å². The lowest BCUT2D eigenvalue weighted by molar-refractivity contribution is 1.28. The Morgan fingerprint density at radius 2 is 0.744 bits per heavy atom. The molecule has 0 spiro atoms. The van der Waals surface area contributed by atoms with Crippen molar-refractivity contribution in [2.45, 2.75) is 0 Å². The summed E-state index contributed by atoms with van der Waals surface area (Å²) in [5, 5.41) is 0.